The molecule has 0 fully saturated rings. The van der Waals surface area contributed by atoms with E-state index in [1.807, 2.05) is 0 Å². The van der Waals surface area contributed by atoms with Crippen LogP contribution in [0.5, 0.6) is 0 Å². The maximum Gasteiger partial charge on any atom is 0.434 e. The molecule has 29 heavy (non-hydrogen) atoms. The number of benzene rings is 1. The Labute approximate surface area is 168 Å². The highest BCUT2D eigenvalue weighted by molar-refractivity contribution is 5.72. The van der Waals surface area contributed by atoms with Crippen molar-refractivity contribution < 1.29 is 35.9 Å². The van der Waals surface area contributed by atoms with Gasteiger partial charge in [0.15, 0.2) is 0 Å². The average molecular weight is 428 g/mol. The summed E-state index contributed by atoms with van der Waals surface area (Å²) < 4.78 is 75.1. The van der Waals surface area contributed by atoms with Gasteiger partial charge in [0.05, 0.1) is 5.92 Å². The van der Waals surface area contributed by atoms with Gasteiger partial charge < -0.3 is 4.74 Å². The molecule has 0 aliphatic heterocycles. The Hall–Kier alpha value is -1.73. The summed E-state index contributed by atoms with van der Waals surface area (Å²) in [6.45, 7) is 11.6. The first-order valence-electron chi connectivity index (χ1n) is 9.58. The standard InChI is InChI=1S/C13H20.C8H10F6O2/c1-5-11(4)13-8-6-12(7-9-13)10(2)3;1-3-4(2)5(15)16-6(7(9,10)11)8(12,13)14/h6-11H,5H2,1-4H3;4,6H,3H2,1-2H3. The van der Waals surface area contributed by atoms with Crippen molar-refractivity contribution in [3.8, 4) is 0 Å². The number of halogens is 6. The molecule has 1 rings (SSSR count). The first-order valence-corrected chi connectivity index (χ1v) is 9.58. The minimum atomic E-state index is -5.65. The van der Waals surface area contributed by atoms with Gasteiger partial charge in [-0.3, -0.25) is 4.79 Å². The van der Waals surface area contributed by atoms with Crippen LogP contribution in [0.2, 0.25) is 0 Å². The topological polar surface area (TPSA) is 26.3 Å². The minimum Gasteiger partial charge on any atom is -0.443 e. The Morgan fingerprint density at radius 1 is 0.828 bits per heavy atom. The lowest BCUT2D eigenvalue weighted by Crippen LogP contribution is -2.46. The molecule has 0 aromatic heterocycles. The summed E-state index contributed by atoms with van der Waals surface area (Å²) in [4.78, 5) is 10.9. The van der Waals surface area contributed by atoms with Crippen LogP contribution in [0.1, 0.15) is 77.3 Å². The summed E-state index contributed by atoms with van der Waals surface area (Å²) >= 11 is 0. The smallest absolute Gasteiger partial charge is 0.434 e. The van der Waals surface area contributed by atoms with Gasteiger partial charge in [-0.1, -0.05) is 65.8 Å². The van der Waals surface area contributed by atoms with Crippen molar-refractivity contribution in [2.24, 2.45) is 5.92 Å². The quantitative estimate of drug-likeness (QED) is 0.349. The van der Waals surface area contributed by atoms with Crippen LogP contribution < -0.4 is 0 Å². The van der Waals surface area contributed by atoms with Crippen molar-refractivity contribution in [3.05, 3.63) is 35.4 Å². The van der Waals surface area contributed by atoms with Gasteiger partial charge in [-0.15, -0.1) is 0 Å². The summed E-state index contributed by atoms with van der Waals surface area (Å²) in [5, 5.41) is 0. The largest absolute Gasteiger partial charge is 0.443 e. The highest BCUT2D eigenvalue weighted by Gasteiger charge is 2.60. The molecule has 0 amide bonds. The third-order valence-electron chi connectivity index (χ3n) is 4.63. The maximum absolute atomic E-state index is 11.9. The third kappa shape index (κ3) is 9.54. The molecule has 1 aromatic carbocycles. The second-order valence-corrected chi connectivity index (χ2v) is 7.34. The molecule has 0 heterocycles. The molecule has 0 N–H and O–H groups in total. The summed E-state index contributed by atoms with van der Waals surface area (Å²) in [6.07, 6.45) is -14.0. The Bertz CT molecular complexity index is 591. The van der Waals surface area contributed by atoms with Crippen LogP contribution >= 0.6 is 0 Å². The number of hydrogen-bond acceptors (Lipinski definition) is 2. The molecular formula is C21H30F6O2. The fourth-order valence-electron chi connectivity index (χ4n) is 2.16. The van der Waals surface area contributed by atoms with E-state index in [4.69, 9.17) is 0 Å². The zero-order chi connectivity index (χ0) is 23.0. The first-order chi connectivity index (χ1) is 13.1. The average Bonchev–Trinajstić information content (AvgIpc) is 2.63. The molecule has 2 atom stereocenters. The van der Waals surface area contributed by atoms with Crippen LogP contribution in [0.3, 0.4) is 0 Å². The summed E-state index contributed by atoms with van der Waals surface area (Å²) in [7, 11) is 0. The third-order valence-corrected chi connectivity index (χ3v) is 4.63. The zero-order valence-corrected chi connectivity index (χ0v) is 17.6. The Kier molecular flexibility index (Phi) is 10.8. The molecule has 1 aromatic rings. The Morgan fingerprint density at radius 2 is 1.24 bits per heavy atom. The van der Waals surface area contributed by atoms with Gasteiger partial charge in [0, 0.05) is 0 Å². The van der Waals surface area contributed by atoms with Crippen LogP contribution in [0, 0.1) is 5.92 Å². The van der Waals surface area contributed by atoms with Gasteiger partial charge in [-0.25, -0.2) is 0 Å². The molecule has 2 nitrogen and oxygen atoms in total. The van der Waals surface area contributed by atoms with Gasteiger partial charge in [-0.2, -0.15) is 26.3 Å². The SMILES string of the molecule is CCC(C)C(=O)OC(C(F)(F)F)C(F)(F)F.CCC(C)c1ccc(C(C)C)cc1. The highest BCUT2D eigenvalue weighted by atomic mass is 19.4. The van der Waals surface area contributed by atoms with E-state index in [2.05, 4.69) is 56.7 Å². The molecule has 8 heteroatoms. The molecule has 0 aliphatic rings. The molecule has 2 unspecified atom stereocenters. The molecule has 0 bridgehead atoms. The second kappa shape index (κ2) is 11.5. The number of carbonyl (C=O) groups is 1. The lowest BCUT2D eigenvalue weighted by atomic mass is 9.95. The highest BCUT2D eigenvalue weighted by Crippen LogP contribution is 2.36. The predicted octanol–water partition coefficient (Wildman–Crippen LogP) is 7.39. The predicted molar refractivity (Wildman–Crippen MR) is 101 cm³/mol. The van der Waals surface area contributed by atoms with E-state index in [1.165, 1.54) is 31.4 Å². The van der Waals surface area contributed by atoms with Crippen LogP contribution in [0.4, 0.5) is 26.3 Å². The molecular weight excluding hydrogens is 398 g/mol. The van der Waals surface area contributed by atoms with Crippen LogP contribution in [0.25, 0.3) is 0 Å². The van der Waals surface area contributed by atoms with E-state index >= 15 is 0 Å². The Morgan fingerprint density at radius 3 is 1.55 bits per heavy atom. The summed E-state index contributed by atoms with van der Waals surface area (Å²) in [6, 6.07) is 9.05. The van der Waals surface area contributed by atoms with Crippen molar-refractivity contribution in [1.82, 2.24) is 0 Å². The molecule has 168 valence electrons. The van der Waals surface area contributed by atoms with Crippen LogP contribution in [-0.4, -0.2) is 24.4 Å². The number of rotatable bonds is 6. The van der Waals surface area contributed by atoms with Gasteiger partial charge >= 0.3 is 18.3 Å². The minimum absolute atomic E-state index is 0.0985. The van der Waals surface area contributed by atoms with E-state index in [0.717, 1.165) is 0 Å². The normalized spacial score (nSPS) is 14.3. The lowest BCUT2D eigenvalue weighted by Gasteiger charge is -2.23. The Balaban J connectivity index is 0.000000551. The van der Waals surface area contributed by atoms with Crippen molar-refractivity contribution in [1.29, 1.82) is 0 Å². The second-order valence-electron chi connectivity index (χ2n) is 7.34. The molecule has 0 saturated carbocycles. The molecule has 0 spiro atoms. The van der Waals surface area contributed by atoms with Crippen molar-refractivity contribution >= 4 is 5.97 Å². The van der Waals surface area contributed by atoms with E-state index in [0.29, 0.717) is 11.8 Å². The zero-order valence-electron chi connectivity index (χ0n) is 17.6. The monoisotopic (exact) mass is 428 g/mol. The number of alkyl halides is 6. The summed E-state index contributed by atoms with van der Waals surface area (Å²) in [5.41, 5.74) is 2.90. The fraction of sp³-hybridized carbons (Fsp3) is 0.667. The lowest BCUT2D eigenvalue weighted by molar-refractivity contribution is -0.314. The molecule has 0 aliphatic carbocycles. The van der Waals surface area contributed by atoms with Gasteiger partial charge in [0.25, 0.3) is 6.10 Å². The molecule has 0 radical (unpaired) electrons. The number of ether oxygens (including phenoxy) is 1. The van der Waals surface area contributed by atoms with Crippen LogP contribution in [0.15, 0.2) is 24.3 Å². The van der Waals surface area contributed by atoms with Crippen molar-refractivity contribution in [2.75, 3.05) is 0 Å². The van der Waals surface area contributed by atoms with Crippen molar-refractivity contribution in [2.45, 2.75) is 84.7 Å². The van der Waals surface area contributed by atoms with Gasteiger partial charge in [-0.05, 0) is 35.8 Å². The molecule has 0 saturated heterocycles. The van der Waals surface area contributed by atoms with Gasteiger partial charge in [0.1, 0.15) is 0 Å². The van der Waals surface area contributed by atoms with E-state index in [1.54, 1.807) is 0 Å². The van der Waals surface area contributed by atoms with Crippen molar-refractivity contribution in [3.63, 3.8) is 0 Å². The summed E-state index contributed by atoms with van der Waals surface area (Å²) in [5.74, 6) is -1.18. The van der Waals surface area contributed by atoms with E-state index in [-0.39, 0.29) is 6.42 Å². The number of esters is 1. The maximum atomic E-state index is 11.9. The fourth-order valence-corrected chi connectivity index (χ4v) is 2.16. The van der Waals surface area contributed by atoms with Gasteiger partial charge in [0.2, 0.25) is 0 Å². The van der Waals surface area contributed by atoms with Crippen LogP contribution in [-0.2, 0) is 9.53 Å². The van der Waals surface area contributed by atoms with E-state index < -0.39 is 30.3 Å². The van der Waals surface area contributed by atoms with E-state index in [9.17, 15) is 31.1 Å². The number of hydrogen-bond donors (Lipinski definition) is 0. The number of carbonyl (C=O) groups excluding carboxylic acids is 1. The first kappa shape index (κ1) is 27.3.